The highest BCUT2D eigenvalue weighted by Crippen LogP contribution is 2.38. The van der Waals surface area contributed by atoms with E-state index in [1.165, 1.54) is 13.2 Å². The zero-order valence-corrected chi connectivity index (χ0v) is 27.5. The van der Waals surface area contributed by atoms with E-state index in [1.807, 2.05) is 49.1 Å². The van der Waals surface area contributed by atoms with Crippen LogP contribution in [0.1, 0.15) is 21.3 Å². The molecule has 1 N–H and O–H groups in total. The molecule has 2 aliphatic rings. The number of nitrogens with zero attached hydrogens (tertiary/aromatic N) is 5. The molecule has 0 atom stereocenters. The average molecular weight is 706 g/mol. The van der Waals surface area contributed by atoms with Crippen LogP contribution in [-0.2, 0) is 9.47 Å². The molecule has 7 rings (SSSR count). The van der Waals surface area contributed by atoms with Crippen molar-refractivity contribution in [2.24, 2.45) is 0 Å². The fourth-order valence-corrected chi connectivity index (χ4v) is 6.93. The third-order valence-corrected chi connectivity index (χ3v) is 9.32. The second-order valence-corrected chi connectivity index (χ2v) is 11.8. The minimum atomic E-state index is -0.391. The van der Waals surface area contributed by atoms with Crippen molar-refractivity contribution < 1.29 is 18.6 Å². The summed E-state index contributed by atoms with van der Waals surface area (Å²) in [5.74, 6) is -0.166. The van der Waals surface area contributed by atoms with Crippen LogP contribution in [0.3, 0.4) is 0 Å². The Kier molecular flexibility index (Phi) is 12.5. The van der Waals surface area contributed by atoms with E-state index in [2.05, 4.69) is 40.7 Å². The van der Waals surface area contributed by atoms with E-state index in [-0.39, 0.29) is 13.2 Å². The van der Waals surface area contributed by atoms with Gasteiger partial charge in [0.25, 0.3) is 0 Å². The standard InChI is InChI=1S/C21H19FN4O2S.C7H9BrN2OS.C2H6.CH4/c1-27-19-14(3-2-4-17(19)22)16-11-24-20-15(16)9-13(10-23-20)18-12-29-21(25-18)26-5-7-28-8-6-26;8-6-5-12-7(9-6)10-1-3-11-4-2-10;1-2;/h2-4,9-12H,5-8H2,1H3,(H,23,24);5H,1-4H2;1-2H3;1H4. The minimum absolute atomic E-state index is 0. The van der Waals surface area contributed by atoms with Gasteiger partial charge in [0.15, 0.2) is 21.8 Å². The van der Waals surface area contributed by atoms with Gasteiger partial charge in [-0.15, -0.1) is 22.7 Å². The molecule has 0 aliphatic carbocycles. The van der Waals surface area contributed by atoms with E-state index in [9.17, 15) is 4.39 Å². The van der Waals surface area contributed by atoms with Crippen molar-refractivity contribution in [1.29, 1.82) is 0 Å². The quantitative estimate of drug-likeness (QED) is 0.199. The molecule has 1 aromatic carbocycles. The predicted octanol–water partition coefficient (Wildman–Crippen LogP) is 7.74. The number of ether oxygens (including phenoxy) is 3. The number of methoxy groups -OCH3 is 1. The monoisotopic (exact) mass is 704 g/mol. The average Bonchev–Trinajstić information content (AvgIpc) is 3.83. The Morgan fingerprint density at radius 1 is 0.932 bits per heavy atom. The van der Waals surface area contributed by atoms with Crippen LogP contribution >= 0.6 is 38.6 Å². The Balaban J connectivity index is 0.000000247. The van der Waals surface area contributed by atoms with Gasteiger partial charge in [-0.3, -0.25) is 0 Å². The summed E-state index contributed by atoms with van der Waals surface area (Å²) in [7, 11) is 1.48. The van der Waals surface area contributed by atoms with Crippen LogP contribution in [-0.4, -0.2) is 79.7 Å². The van der Waals surface area contributed by atoms with E-state index in [0.717, 1.165) is 95.3 Å². The molecule has 2 aliphatic heterocycles. The second-order valence-electron chi connectivity index (χ2n) is 9.31. The summed E-state index contributed by atoms with van der Waals surface area (Å²) in [6.07, 6.45) is 3.64. The first-order valence-corrected chi connectivity index (χ1v) is 16.7. The maximum Gasteiger partial charge on any atom is 0.186 e. The van der Waals surface area contributed by atoms with Gasteiger partial charge in [0.1, 0.15) is 10.3 Å². The zero-order chi connectivity index (χ0) is 30.2. The van der Waals surface area contributed by atoms with Gasteiger partial charge in [0.05, 0.1) is 39.2 Å². The fraction of sp³-hybridized carbons (Fsp3) is 0.387. The maximum atomic E-state index is 14.2. The summed E-state index contributed by atoms with van der Waals surface area (Å²) in [5, 5.41) is 7.02. The van der Waals surface area contributed by atoms with Gasteiger partial charge in [-0.1, -0.05) is 33.4 Å². The van der Waals surface area contributed by atoms with Gasteiger partial charge in [0.2, 0.25) is 0 Å². The first kappa shape index (κ1) is 33.8. The van der Waals surface area contributed by atoms with Gasteiger partial charge in [-0.2, -0.15) is 0 Å². The Labute approximate surface area is 274 Å². The van der Waals surface area contributed by atoms with E-state index >= 15 is 0 Å². The second kappa shape index (κ2) is 16.3. The molecule has 5 aromatic rings. The number of rotatable bonds is 5. The highest BCUT2D eigenvalue weighted by atomic mass is 79.9. The molecule has 236 valence electrons. The molecular weight excluding hydrogens is 667 g/mol. The zero-order valence-electron chi connectivity index (χ0n) is 24.3. The normalized spacial score (nSPS) is 14.7. The predicted molar refractivity (Wildman–Crippen MR) is 183 cm³/mol. The summed E-state index contributed by atoms with van der Waals surface area (Å²) >= 11 is 6.63. The summed E-state index contributed by atoms with van der Waals surface area (Å²) in [6.45, 7) is 10.7. The first-order valence-electron chi connectivity index (χ1n) is 14.1. The molecule has 6 heterocycles. The van der Waals surface area contributed by atoms with Gasteiger partial charge >= 0.3 is 0 Å². The lowest BCUT2D eigenvalue weighted by atomic mass is 10.0. The molecule has 0 amide bonds. The molecule has 0 saturated carbocycles. The van der Waals surface area contributed by atoms with E-state index in [4.69, 9.17) is 19.2 Å². The smallest absolute Gasteiger partial charge is 0.186 e. The highest BCUT2D eigenvalue weighted by Gasteiger charge is 2.18. The van der Waals surface area contributed by atoms with Crippen LogP contribution in [0.15, 0.2) is 52.0 Å². The molecule has 0 spiro atoms. The molecule has 44 heavy (non-hydrogen) atoms. The van der Waals surface area contributed by atoms with E-state index in [1.54, 1.807) is 28.7 Å². The number of nitrogens with one attached hydrogen (secondary N) is 1. The lowest BCUT2D eigenvalue weighted by Crippen LogP contribution is -2.36. The number of anilines is 2. The summed E-state index contributed by atoms with van der Waals surface area (Å²) < 4.78 is 31.1. The molecule has 9 nitrogen and oxygen atoms in total. The van der Waals surface area contributed by atoms with Crippen molar-refractivity contribution >= 4 is 59.9 Å². The van der Waals surface area contributed by atoms with Crippen molar-refractivity contribution in [1.82, 2.24) is 19.9 Å². The number of aromatic nitrogens is 4. The number of pyridine rings is 1. The molecule has 0 bridgehead atoms. The number of aromatic amines is 1. The van der Waals surface area contributed by atoms with E-state index < -0.39 is 5.82 Å². The van der Waals surface area contributed by atoms with Crippen LogP contribution in [0.2, 0.25) is 0 Å². The van der Waals surface area contributed by atoms with E-state index in [0.29, 0.717) is 5.56 Å². The number of thiazole rings is 2. The van der Waals surface area contributed by atoms with Crippen molar-refractivity contribution in [2.45, 2.75) is 21.3 Å². The number of hydrogen-bond acceptors (Lipinski definition) is 10. The molecule has 0 radical (unpaired) electrons. The topological polar surface area (TPSA) is 88.6 Å². The molecule has 4 aromatic heterocycles. The SMILES string of the molecule is Brc1csc(N2CCOCC2)n1.C.CC.COc1c(F)cccc1-c1c[nH]c2ncc(-c3csc(N4CCOCC4)n3)cc12. The lowest BCUT2D eigenvalue weighted by molar-refractivity contribution is 0.122. The highest BCUT2D eigenvalue weighted by molar-refractivity contribution is 9.10. The number of hydrogen-bond donors (Lipinski definition) is 1. The largest absolute Gasteiger partial charge is 0.493 e. The Bertz CT molecular complexity index is 1620. The summed E-state index contributed by atoms with van der Waals surface area (Å²) in [5.41, 5.74) is 4.06. The van der Waals surface area contributed by atoms with Gasteiger partial charge < -0.3 is 29.0 Å². The summed E-state index contributed by atoms with van der Waals surface area (Å²) in [4.78, 5) is 21.3. The number of morpholine rings is 2. The summed E-state index contributed by atoms with van der Waals surface area (Å²) in [6, 6.07) is 6.95. The van der Waals surface area contributed by atoms with Crippen LogP contribution in [0.4, 0.5) is 14.7 Å². The Morgan fingerprint density at radius 3 is 2.18 bits per heavy atom. The van der Waals surface area contributed by atoms with Gasteiger partial charge in [-0.25, -0.2) is 19.3 Å². The van der Waals surface area contributed by atoms with Crippen molar-refractivity contribution in [3.63, 3.8) is 0 Å². The fourth-order valence-electron chi connectivity index (χ4n) is 4.74. The number of halogens is 2. The minimum Gasteiger partial charge on any atom is -0.493 e. The van der Waals surface area contributed by atoms with Crippen molar-refractivity contribution in [2.75, 3.05) is 69.5 Å². The van der Waals surface area contributed by atoms with Crippen LogP contribution in [0.5, 0.6) is 5.75 Å². The van der Waals surface area contributed by atoms with Crippen LogP contribution in [0.25, 0.3) is 33.4 Å². The number of H-pyrrole nitrogens is 1. The van der Waals surface area contributed by atoms with Gasteiger partial charge in [0, 0.05) is 71.4 Å². The lowest BCUT2D eigenvalue weighted by Gasteiger charge is -2.26. The molecule has 2 fully saturated rings. The van der Waals surface area contributed by atoms with Crippen LogP contribution < -0.4 is 14.5 Å². The Hall–Kier alpha value is -3.10. The molecular formula is C31H38BrFN6O3S2. The maximum absolute atomic E-state index is 14.2. The van der Waals surface area contributed by atoms with Crippen molar-refractivity contribution in [3.8, 4) is 28.1 Å². The molecule has 0 unspecified atom stereocenters. The van der Waals surface area contributed by atoms with Crippen LogP contribution in [0, 0.1) is 5.82 Å². The van der Waals surface area contributed by atoms with Gasteiger partial charge in [-0.05, 0) is 28.1 Å². The third-order valence-electron chi connectivity index (χ3n) is 6.81. The molecule has 13 heteroatoms. The number of para-hydroxylation sites is 1. The molecule has 2 saturated heterocycles. The first-order chi connectivity index (χ1) is 21.1. The third kappa shape index (κ3) is 7.75. The number of fused-ring (bicyclic) bond motifs is 1. The Morgan fingerprint density at radius 2 is 1.57 bits per heavy atom. The van der Waals surface area contributed by atoms with Crippen molar-refractivity contribution in [3.05, 3.63) is 57.8 Å². The number of benzene rings is 1.